The minimum absolute atomic E-state index is 0.0484. The van der Waals surface area contributed by atoms with Crippen LogP contribution in [-0.2, 0) is 16.1 Å². The molecule has 8 nitrogen and oxygen atoms in total. The number of thiophene rings is 1. The molecule has 0 saturated carbocycles. The molecule has 2 heterocycles. The van der Waals surface area contributed by atoms with Crippen LogP contribution in [0.2, 0.25) is 0 Å². The van der Waals surface area contributed by atoms with Gasteiger partial charge in [0, 0.05) is 11.3 Å². The van der Waals surface area contributed by atoms with Crippen LogP contribution in [0.5, 0.6) is 5.75 Å². The van der Waals surface area contributed by atoms with E-state index >= 15 is 0 Å². The van der Waals surface area contributed by atoms with Gasteiger partial charge in [-0.3, -0.25) is 14.2 Å². The first-order chi connectivity index (χ1) is 16.5. The minimum atomic E-state index is -0.448. The van der Waals surface area contributed by atoms with E-state index in [2.05, 4.69) is 15.0 Å². The molecule has 1 amide bonds. The topological polar surface area (TPSA) is 99.5 Å². The number of hydrogen-bond acceptors (Lipinski definition) is 8. The van der Waals surface area contributed by atoms with Crippen LogP contribution in [-0.4, -0.2) is 41.4 Å². The number of rotatable bonds is 8. The van der Waals surface area contributed by atoms with Gasteiger partial charge in [-0.2, -0.15) is 0 Å². The fourth-order valence-corrected chi connectivity index (χ4v) is 4.89. The zero-order chi connectivity index (χ0) is 24.1. The number of hydrogen-bond donors (Lipinski definition) is 1. The highest BCUT2D eigenvalue weighted by Gasteiger charge is 2.16. The number of anilines is 1. The van der Waals surface area contributed by atoms with E-state index in [0.717, 1.165) is 5.56 Å². The number of amides is 1. The lowest BCUT2D eigenvalue weighted by Gasteiger charge is -2.14. The second-order valence-corrected chi connectivity index (χ2v) is 9.00. The van der Waals surface area contributed by atoms with Crippen molar-refractivity contribution in [3.8, 4) is 5.75 Å². The molecule has 0 saturated heterocycles. The molecule has 0 aliphatic heterocycles. The number of methoxy groups -OCH3 is 2. The van der Waals surface area contributed by atoms with Gasteiger partial charge in [-0.1, -0.05) is 30.0 Å². The van der Waals surface area contributed by atoms with Gasteiger partial charge < -0.3 is 14.8 Å². The minimum Gasteiger partial charge on any atom is -0.496 e. The van der Waals surface area contributed by atoms with Crippen LogP contribution >= 0.6 is 23.1 Å². The van der Waals surface area contributed by atoms with Crippen molar-refractivity contribution in [3.05, 3.63) is 81.5 Å². The van der Waals surface area contributed by atoms with Crippen molar-refractivity contribution in [3.63, 3.8) is 0 Å². The van der Waals surface area contributed by atoms with Crippen LogP contribution in [0.3, 0.4) is 0 Å². The van der Waals surface area contributed by atoms with Crippen LogP contribution in [0.4, 0.5) is 5.69 Å². The van der Waals surface area contributed by atoms with Gasteiger partial charge in [0.2, 0.25) is 5.91 Å². The van der Waals surface area contributed by atoms with Gasteiger partial charge in [0.1, 0.15) is 10.4 Å². The Morgan fingerprint density at radius 1 is 1.09 bits per heavy atom. The lowest BCUT2D eigenvalue weighted by atomic mass is 10.2. The maximum atomic E-state index is 13.2. The standard InChI is InChI=1S/C24H21N3O5S2/c1-31-19-6-4-3-5-16(19)13-27-22(29)21-18(11-12-33-21)26-24(27)34-14-20(28)25-17-9-7-15(8-10-17)23(30)32-2/h3-12H,13-14H2,1-2H3,(H,25,28). The number of carbonyl (C=O) groups is 2. The Labute approximate surface area is 203 Å². The summed E-state index contributed by atoms with van der Waals surface area (Å²) in [5, 5.41) is 5.05. The van der Waals surface area contributed by atoms with Crippen LogP contribution in [0.1, 0.15) is 15.9 Å². The molecular formula is C24H21N3O5S2. The van der Waals surface area contributed by atoms with Crippen molar-refractivity contribution in [1.29, 1.82) is 0 Å². The lowest BCUT2D eigenvalue weighted by Crippen LogP contribution is -2.24. The summed E-state index contributed by atoms with van der Waals surface area (Å²) in [5.74, 6) is 0.00712. The molecule has 4 rings (SSSR count). The van der Waals surface area contributed by atoms with Crippen molar-refractivity contribution >= 4 is 50.9 Å². The number of carbonyl (C=O) groups excluding carboxylic acids is 2. The molecule has 10 heteroatoms. The number of benzene rings is 2. The van der Waals surface area contributed by atoms with E-state index in [1.54, 1.807) is 42.0 Å². The average molecular weight is 496 g/mol. The zero-order valence-electron chi connectivity index (χ0n) is 18.4. The maximum absolute atomic E-state index is 13.2. The Hall–Kier alpha value is -3.63. The monoisotopic (exact) mass is 495 g/mol. The molecule has 2 aromatic carbocycles. The number of nitrogens with one attached hydrogen (secondary N) is 1. The van der Waals surface area contributed by atoms with Crippen molar-refractivity contribution in [1.82, 2.24) is 9.55 Å². The third kappa shape index (κ3) is 5.13. The first kappa shape index (κ1) is 23.5. The average Bonchev–Trinajstić information content (AvgIpc) is 3.34. The quantitative estimate of drug-likeness (QED) is 0.224. The fraction of sp³-hybridized carbons (Fsp3) is 0.167. The summed E-state index contributed by atoms with van der Waals surface area (Å²) in [6.45, 7) is 0.266. The molecule has 0 fully saturated rings. The maximum Gasteiger partial charge on any atom is 0.337 e. The van der Waals surface area contributed by atoms with Crippen molar-refractivity contribution < 1.29 is 19.1 Å². The Morgan fingerprint density at radius 3 is 2.59 bits per heavy atom. The number of nitrogens with zero attached hydrogens (tertiary/aromatic N) is 2. The molecule has 4 aromatic rings. The molecular weight excluding hydrogens is 474 g/mol. The Bertz CT molecular complexity index is 1400. The van der Waals surface area contributed by atoms with Crippen molar-refractivity contribution in [2.75, 3.05) is 25.3 Å². The molecule has 0 bridgehead atoms. The molecule has 174 valence electrons. The molecule has 0 radical (unpaired) electrons. The number of fused-ring (bicyclic) bond motifs is 1. The van der Waals surface area contributed by atoms with Crippen LogP contribution in [0, 0.1) is 0 Å². The van der Waals surface area contributed by atoms with Gasteiger partial charge in [0.05, 0.1) is 37.6 Å². The highest BCUT2D eigenvalue weighted by atomic mass is 32.2. The van der Waals surface area contributed by atoms with Crippen LogP contribution in [0.15, 0.2) is 69.9 Å². The molecule has 0 aliphatic carbocycles. The Morgan fingerprint density at radius 2 is 1.85 bits per heavy atom. The van der Waals surface area contributed by atoms with Gasteiger partial charge in [0.15, 0.2) is 5.16 Å². The number of esters is 1. The third-order valence-electron chi connectivity index (χ3n) is 4.97. The largest absolute Gasteiger partial charge is 0.496 e. The van der Waals surface area contributed by atoms with Gasteiger partial charge in [-0.05, 0) is 41.8 Å². The number of ether oxygens (including phenoxy) is 2. The van der Waals surface area contributed by atoms with Crippen LogP contribution in [0.25, 0.3) is 10.2 Å². The number of aromatic nitrogens is 2. The van der Waals surface area contributed by atoms with E-state index in [1.165, 1.54) is 30.2 Å². The Balaban J connectivity index is 1.54. The molecule has 0 aliphatic rings. The highest BCUT2D eigenvalue weighted by Crippen LogP contribution is 2.24. The number of para-hydroxylation sites is 1. The van der Waals surface area contributed by atoms with E-state index in [4.69, 9.17) is 4.74 Å². The van der Waals surface area contributed by atoms with E-state index in [9.17, 15) is 14.4 Å². The van der Waals surface area contributed by atoms with Gasteiger partial charge in [-0.25, -0.2) is 9.78 Å². The summed E-state index contributed by atoms with van der Waals surface area (Å²) in [5.41, 5.74) is 2.22. The zero-order valence-corrected chi connectivity index (χ0v) is 20.1. The molecule has 2 aromatic heterocycles. The van der Waals surface area contributed by atoms with Gasteiger partial charge >= 0.3 is 5.97 Å². The van der Waals surface area contributed by atoms with E-state index in [0.29, 0.717) is 32.4 Å². The van der Waals surface area contributed by atoms with Crippen LogP contribution < -0.4 is 15.6 Å². The molecule has 0 unspecified atom stereocenters. The second kappa shape index (κ2) is 10.5. The summed E-state index contributed by atoms with van der Waals surface area (Å²) < 4.78 is 12.2. The van der Waals surface area contributed by atoms with E-state index in [1.807, 2.05) is 29.6 Å². The summed E-state index contributed by atoms with van der Waals surface area (Å²) in [4.78, 5) is 42.0. The SMILES string of the molecule is COC(=O)c1ccc(NC(=O)CSc2nc3ccsc3c(=O)n2Cc2ccccc2OC)cc1. The smallest absolute Gasteiger partial charge is 0.337 e. The molecule has 1 N–H and O–H groups in total. The van der Waals surface area contributed by atoms with Gasteiger partial charge in [0.25, 0.3) is 5.56 Å². The third-order valence-corrected chi connectivity index (χ3v) is 6.84. The van der Waals surface area contributed by atoms with Gasteiger partial charge in [-0.15, -0.1) is 11.3 Å². The molecule has 34 heavy (non-hydrogen) atoms. The molecule has 0 atom stereocenters. The number of thioether (sulfide) groups is 1. The fourth-order valence-electron chi connectivity index (χ4n) is 3.31. The highest BCUT2D eigenvalue weighted by molar-refractivity contribution is 7.99. The second-order valence-electron chi connectivity index (χ2n) is 7.14. The predicted molar refractivity (Wildman–Crippen MR) is 133 cm³/mol. The van der Waals surface area contributed by atoms with Crippen molar-refractivity contribution in [2.24, 2.45) is 0 Å². The predicted octanol–water partition coefficient (Wildman–Crippen LogP) is 4.03. The van der Waals surface area contributed by atoms with E-state index in [-0.39, 0.29) is 23.8 Å². The Kier molecular flexibility index (Phi) is 7.29. The first-order valence-electron chi connectivity index (χ1n) is 10.2. The molecule has 0 spiro atoms. The summed E-state index contributed by atoms with van der Waals surface area (Å²) in [6.07, 6.45) is 0. The lowest BCUT2D eigenvalue weighted by molar-refractivity contribution is -0.113. The normalized spacial score (nSPS) is 10.8. The van der Waals surface area contributed by atoms with E-state index < -0.39 is 5.97 Å². The summed E-state index contributed by atoms with van der Waals surface area (Å²) in [6, 6.07) is 15.7. The first-order valence-corrected chi connectivity index (χ1v) is 12.1. The summed E-state index contributed by atoms with van der Waals surface area (Å²) >= 11 is 2.52. The summed E-state index contributed by atoms with van der Waals surface area (Å²) in [7, 11) is 2.89. The van der Waals surface area contributed by atoms with Crippen molar-refractivity contribution in [2.45, 2.75) is 11.7 Å².